The third-order valence-electron chi connectivity index (χ3n) is 19.3. The Hall–Kier alpha value is -13.0. The molecule has 15 aromatic rings. The maximum atomic E-state index is 7.17. The molecule has 4 heteroatoms. The lowest BCUT2D eigenvalue weighted by atomic mass is 9.92. The Kier molecular flexibility index (Phi) is 24.7. The van der Waals surface area contributed by atoms with Gasteiger partial charge in [0.15, 0.2) is 22.8 Å². The molecule has 0 aliphatic carbocycles. The molecule has 0 atom stereocenters. The molecule has 0 aliphatic heterocycles. The van der Waals surface area contributed by atoms with E-state index in [1.54, 1.807) is 0 Å². The number of hydrogen-bond donors (Lipinski definition) is 0. The largest absolute Gasteiger partial charge is 0.243 e. The molecule has 0 amide bonds. The monoisotopic (exact) mass is 1340 g/mol. The summed E-state index contributed by atoms with van der Waals surface area (Å²) in [6.45, 7) is 52.7. The molecule has 4 nitrogen and oxygen atoms in total. The van der Waals surface area contributed by atoms with Gasteiger partial charge in [-0.3, -0.25) is 0 Å². The number of aryl methyl sites for hydroxylation is 8. The predicted octanol–water partition coefficient (Wildman–Crippen LogP) is 29.2. The highest BCUT2D eigenvalue weighted by Gasteiger charge is 2.12. The molecule has 0 saturated heterocycles. The summed E-state index contributed by atoms with van der Waals surface area (Å²) < 4.78 is 0. The van der Waals surface area contributed by atoms with Crippen molar-refractivity contribution in [2.24, 2.45) is 0 Å². The Morgan fingerprint density at radius 3 is 0.760 bits per heavy atom. The fourth-order valence-electron chi connectivity index (χ4n) is 13.6. The van der Waals surface area contributed by atoms with Crippen LogP contribution in [0.3, 0.4) is 0 Å². The zero-order valence-electron chi connectivity index (χ0n) is 61.7. The molecular formula is C100H86N4. The van der Waals surface area contributed by atoms with Crippen LogP contribution >= 0.6 is 0 Å². The second-order valence-corrected chi connectivity index (χ2v) is 26.2. The van der Waals surface area contributed by atoms with Gasteiger partial charge in [-0.25, -0.2) is 19.4 Å². The molecule has 0 bridgehead atoms. The van der Waals surface area contributed by atoms with Crippen molar-refractivity contribution in [1.82, 2.24) is 0 Å². The molecule has 0 fully saturated rings. The van der Waals surface area contributed by atoms with Crippen molar-refractivity contribution in [3.63, 3.8) is 0 Å². The highest BCUT2D eigenvalue weighted by molar-refractivity contribution is 6.11. The van der Waals surface area contributed by atoms with Gasteiger partial charge < -0.3 is 0 Å². The van der Waals surface area contributed by atoms with Crippen molar-refractivity contribution < 1.29 is 0 Å². The van der Waals surface area contributed by atoms with Gasteiger partial charge in [0.2, 0.25) is 0 Å². The topological polar surface area (TPSA) is 17.4 Å². The molecule has 104 heavy (non-hydrogen) atoms. The van der Waals surface area contributed by atoms with Gasteiger partial charge in [0.25, 0.3) is 0 Å². The summed E-state index contributed by atoms with van der Waals surface area (Å²) in [4.78, 5) is 13.7. The van der Waals surface area contributed by atoms with Crippen LogP contribution in [0.15, 0.2) is 302 Å². The summed E-state index contributed by atoms with van der Waals surface area (Å²) in [5, 5.41) is 23.3. The van der Waals surface area contributed by atoms with Gasteiger partial charge >= 0.3 is 0 Å². The van der Waals surface area contributed by atoms with Crippen LogP contribution in [-0.2, 0) is 0 Å². The summed E-state index contributed by atoms with van der Waals surface area (Å²) in [6, 6.07) is 89.2. The second-order valence-electron chi connectivity index (χ2n) is 26.2. The quantitative estimate of drug-likeness (QED) is 0.0897. The van der Waals surface area contributed by atoms with E-state index in [2.05, 4.69) is 330 Å². The van der Waals surface area contributed by atoms with Gasteiger partial charge in [0.1, 0.15) is 0 Å². The Balaban J connectivity index is 0.000000135. The number of benzene rings is 15. The average molecular weight is 1340 g/mol. The van der Waals surface area contributed by atoms with Crippen molar-refractivity contribution in [2.45, 2.75) is 83.1 Å². The van der Waals surface area contributed by atoms with Crippen LogP contribution < -0.4 is 0 Å². The minimum atomic E-state index is 0.692. The van der Waals surface area contributed by atoms with Gasteiger partial charge in [-0.15, -0.1) is 0 Å². The summed E-state index contributed by atoms with van der Waals surface area (Å²) >= 11 is 0. The van der Waals surface area contributed by atoms with Gasteiger partial charge in [-0.1, -0.05) is 303 Å². The van der Waals surface area contributed by atoms with E-state index in [1.165, 1.54) is 153 Å². The molecule has 0 N–H and O–H groups in total. The zero-order valence-corrected chi connectivity index (χ0v) is 61.7. The van der Waals surface area contributed by atoms with Crippen LogP contribution in [0.5, 0.6) is 0 Å². The lowest BCUT2D eigenvalue weighted by Crippen LogP contribution is -1.88. The van der Waals surface area contributed by atoms with Crippen LogP contribution in [0, 0.1) is 81.7 Å². The third-order valence-corrected chi connectivity index (χ3v) is 19.3. The smallest absolute Gasteiger partial charge is 0.163 e. The molecular weight excluding hydrogens is 1260 g/mol. The molecule has 0 aromatic heterocycles. The molecule has 0 aliphatic rings. The van der Waals surface area contributed by atoms with Gasteiger partial charge in [-0.05, 0) is 247 Å². The van der Waals surface area contributed by atoms with E-state index < -0.39 is 0 Å². The minimum absolute atomic E-state index is 0.692. The fraction of sp³-hybridized carbons (Fsp3) is 0.120. The first kappa shape index (κ1) is 73.7. The Bertz CT molecular complexity index is 5840. The molecule has 506 valence electrons. The van der Waals surface area contributed by atoms with Crippen LogP contribution in [0.1, 0.15) is 94.5 Å². The van der Waals surface area contributed by atoms with E-state index >= 15 is 0 Å². The van der Waals surface area contributed by atoms with E-state index in [4.69, 9.17) is 26.3 Å². The molecule has 15 aromatic carbocycles. The lowest BCUT2D eigenvalue weighted by molar-refractivity contribution is 1.46. The summed E-state index contributed by atoms with van der Waals surface area (Å²) in [7, 11) is 0. The van der Waals surface area contributed by atoms with Crippen molar-refractivity contribution in [3.8, 4) is 0 Å². The van der Waals surface area contributed by atoms with Crippen molar-refractivity contribution >= 4 is 121 Å². The van der Waals surface area contributed by atoms with Gasteiger partial charge in [0, 0.05) is 0 Å². The molecule has 0 spiro atoms. The van der Waals surface area contributed by atoms with E-state index in [1.807, 2.05) is 76.3 Å². The predicted molar refractivity (Wildman–Crippen MR) is 453 cm³/mol. The Morgan fingerprint density at radius 1 is 0.221 bits per heavy atom. The van der Waals surface area contributed by atoms with Crippen molar-refractivity contribution in [3.05, 3.63) is 414 Å². The van der Waals surface area contributed by atoms with E-state index in [9.17, 15) is 0 Å². The lowest BCUT2D eigenvalue weighted by Gasteiger charge is -2.12. The van der Waals surface area contributed by atoms with E-state index in [0.29, 0.717) is 22.8 Å². The maximum absolute atomic E-state index is 7.17. The van der Waals surface area contributed by atoms with Crippen molar-refractivity contribution in [2.75, 3.05) is 0 Å². The standard InChI is InChI=1S/C21H17N.C19H15N.C17H15N.C16H14.C15H13N.C12H12/c1-15(22-3)9-8-14-21-19-12-6-4-10-17(19)16(2)18-11-5-7-13-20(18)21;1-13(20-3)12-19-17-10-6-4-8-15(17)14(2)16-9-5-7-11-18(16)19;1-13-11-12-15(8-6-7-14(2)18-3)17-10-5-4-9-16(13)17;1-11-13-7-3-5-9-15(13)12(2)16-10-6-4-8-14(11)16;1-11-8-9-13(10-12(2)16-3)15-7-5-4-6-14(11)15;1-9-7-8-10(2)12-6-4-3-5-11(9)12/h4-14H,1-2H3;4-12H,1-2H3;4-12H,1-2H3;3-10H,1-2H3;4-10H,1-2H3;3-8H,1-2H3/b14-8+,15-9-;13-12-;8-6+,14-7-;;12-10-;. The first-order valence-electron chi connectivity index (χ1n) is 35.1. The van der Waals surface area contributed by atoms with Crippen LogP contribution in [0.2, 0.25) is 0 Å². The second kappa shape index (κ2) is 34.9. The number of allylic oxidation sites excluding steroid dienone is 8. The van der Waals surface area contributed by atoms with Crippen LogP contribution in [0.25, 0.3) is 141 Å². The molecule has 15 rings (SSSR count). The van der Waals surface area contributed by atoms with Crippen LogP contribution in [0.4, 0.5) is 0 Å². The Morgan fingerprint density at radius 2 is 0.442 bits per heavy atom. The maximum Gasteiger partial charge on any atom is 0.163 e. The van der Waals surface area contributed by atoms with Gasteiger partial charge in [0.05, 0.1) is 26.3 Å². The molecule has 0 unspecified atom stereocenters. The van der Waals surface area contributed by atoms with E-state index in [0.717, 1.165) is 11.1 Å². The number of hydrogen-bond acceptors (Lipinski definition) is 0. The summed E-state index contributed by atoms with van der Waals surface area (Å²) in [5.74, 6) is 0. The zero-order chi connectivity index (χ0) is 73.8. The minimum Gasteiger partial charge on any atom is -0.243 e. The SMILES string of the molecule is Cc1c2ccccc2c(C)c2ccccc12.Cc1ccc(C)c2ccccc12.[C-]#[N+]/C(C)=C\C=C\c1c2ccccc2c(C)c2ccccc12.[C-]#[N+]/C(C)=C\C=C\c1ccc(C)c2ccccc12.[C-]#[N+]/C(C)=C\c1c2ccccc2c(C)c2ccccc12.[C-]#[N+]/C(C)=C\c1ccc(C)c2ccccc12. The highest BCUT2D eigenvalue weighted by Crippen LogP contribution is 2.37. The summed E-state index contributed by atoms with van der Waals surface area (Å²) in [6.07, 6.45) is 15.7. The fourth-order valence-corrected chi connectivity index (χ4v) is 13.6. The Labute approximate surface area is 614 Å². The summed E-state index contributed by atoms with van der Waals surface area (Å²) in [5.41, 5.74) is 18.1. The molecule has 0 saturated carbocycles. The van der Waals surface area contributed by atoms with E-state index in [-0.39, 0.29) is 0 Å². The number of rotatable bonds is 6. The average Bonchev–Trinajstić information content (AvgIpc) is 0.757. The van der Waals surface area contributed by atoms with Crippen LogP contribution in [-0.4, -0.2) is 0 Å². The van der Waals surface area contributed by atoms with Gasteiger partial charge in [-0.2, -0.15) is 0 Å². The first-order valence-corrected chi connectivity index (χ1v) is 35.1. The highest BCUT2D eigenvalue weighted by atomic mass is 14.6. The van der Waals surface area contributed by atoms with Crippen molar-refractivity contribution in [1.29, 1.82) is 0 Å². The first-order chi connectivity index (χ1) is 50.5. The molecule has 0 radical (unpaired) electrons. The number of fused-ring (bicyclic) bond motifs is 9. The third kappa shape index (κ3) is 17.1. The molecule has 0 heterocycles. The normalized spacial score (nSPS) is 11.6. The number of nitrogens with zero attached hydrogens (tertiary/aromatic N) is 4.